The van der Waals surface area contributed by atoms with Crippen LogP contribution in [0.5, 0.6) is 0 Å². The minimum Gasteiger partial charge on any atom is -0.0651 e. The van der Waals surface area contributed by atoms with E-state index in [0.29, 0.717) is 0 Å². The fraction of sp³-hybridized carbons (Fsp3) is 1.00. The Labute approximate surface area is 77.7 Å². The zero-order valence-electron chi connectivity index (χ0n) is 8.97. The van der Waals surface area contributed by atoms with Crippen LogP contribution >= 0.6 is 0 Å². The molecule has 0 aromatic rings. The molecule has 0 aliphatic heterocycles. The van der Waals surface area contributed by atoms with Crippen LogP contribution in [-0.4, -0.2) is 0 Å². The quantitative estimate of drug-likeness (QED) is 0.588. The van der Waals surface area contributed by atoms with Crippen molar-refractivity contribution in [3.8, 4) is 0 Å². The van der Waals surface area contributed by atoms with Crippen molar-refractivity contribution >= 4 is 0 Å². The van der Waals surface area contributed by atoms with Crippen molar-refractivity contribution in [2.75, 3.05) is 0 Å². The lowest BCUT2D eigenvalue weighted by Gasteiger charge is -2.21. The monoisotopic (exact) mass is 168 g/mol. The molecule has 12 heavy (non-hydrogen) atoms. The van der Waals surface area contributed by atoms with Crippen LogP contribution in [0.2, 0.25) is 0 Å². The van der Waals surface area contributed by atoms with Gasteiger partial charge in [0.25, 0.3) is 0 Å². The van der Waals surface area contributed by atoms with Gasteiger partial charge in [-0.15, -0.1) is 0 Å². The molecule has 1 saturated carbocycles. The molecule has 0 aromatic heterocycles. The highest BCUT2D eigenvalue weighted by molar-refractivity contribution is 4.73. The van der Waals surface area contributed by atoms with E-state index < -0.39 is 0 Å². The van der Waals surface area contributed by atoms with E-state index in [1.54, 1.807) is 0 Å². The Morgan fingerprint density at radius 1 is 1.17 bits per heavy atom. The molecular weight excluding hydrogens is 144 g/mol. The molecule has 0 aromatic carbocycles. The summed E-state index contributed by atoms with van der Waals surface area (Å²) in [6, 6.07) is 0. The Balaban J connectivity index is 2.21. The molecule has 0 bridgehead atoms. The lowest BCUT2D eigenvalue weighted by Crippen LogP contribution is -2.11. The van der Waals surface area contributed by atoms with E-state index in [2.05, 4.69) is 20.8 Å². The summed E-state index contributed by atoms with van der Waals surface area (Å²) >= 11 is 0. The molecule has 1 aliphatic carbocycles. The Kier molecular flexibility index (Phi) is 4.11. The standard InChI is InChI=1S/C12H24/c1-4-10(2)9-11(3)12-7-5-6-8-12/h10-12H,4-9H2,1-3H3. The Bertz CT molecular complexity index is 111. The third kappa shape index (κ3) is 2.80. The van der Waals surface area contributed by atoms with Gasteiger partial charge in [0.1, 0.15) is 0 Å². The number of rotatable bonds is 4. The van der Waals surface area contributed by atoms with Crippen molar-refractivity contribution in [3.63, 3.8) is 0 Å². The molecule has 1 rings (SSSR count). The van der Waals surface area contributed by atoms with Gasteiger partial charge >= 0.3 is 0 Å². The fourth-order valence-corrected chi connectivity index (χ4v) is 2.52. The molecule has 72 valence electrons. The van der Waals surface area contributed by atoms with Crippen LogP contribution in [0.4, 0.5) is 0 Å². The molecule has 0 nitrogen and oxygen atoms in total. The molecular formula is C12H24. The smallest absolute Gasteiger partial charge is 0.0388 e. The maximum Gasteiger partial charge on any atom is -0.0388 e. The van der Waals surface area contributed by atoms with Crippen LogP contribution < -0.4 is 0 Å². The Morgan fingerprint density at radius 2 is 1.75 bits per heavy atom. The van der Waals surface area contributed by atoms with Gasteiger partial charge in [0.05, 0.1) is 0 Å². The molecule has 1 aliphatic rings. The van der Waals surface area contributed by atoms with Gasteiger partial charge in [0.2, 0.25) is 0 Å². The fourth-order valence-electron chi connectivity index (χ4n) is 2.52. The first-order valence-corrected chi connectivity index (χ1v) is 5.74. The van der Waals surface area contributed by atoms with E-state index in [1.807, 2.05) is 0 Å². The van der Waals surface area contributed by atoms with Crippen LogP contribution in [0, 0.1) is 17.8 Å². The predicted octanol–water partition coefficient (Wildman–Crippen LogP) is 4.25. The third-order valence-corrected chi connectivity index (χ3v) is 3.68. The summed E-state index contributed by atoms with van der Waals surface area (Å²) in [5.74, 6) is 3.00. The number of hydrogen-bond acceptors (Lipinski definition) is 0. The van der Waals surface area contributed by atoms with Crippen LogP contribution in [0.25, 0.3) is 0 Å². The zero-order chi connectivity index (χ0) is 8.97. The molecule has 0 spiro atoms. The molecule has 0 amide bonds. The molecule has 0 saturated heterocycles. The topological polar surface area (TPSA) is 0 Å². The first kappa shape index (κ1) is 10.1. The van der Waals surface area contributed by atoms with Crippen LogP contribution in [0.15, 0.2) is 0 Å². The second-order valence-electron chi connectivity index (χ2n) is 4.77. The van der Waals surface area contributed by atoms with Crippen molar-refractivity contribution in [1.82, 2.24) is 0 Å². The van der Waals surface area contributed by atoms with Gasteiger partial charge in [-0.1, -0.05) is 52.9 Å². The van der Waals surface area contributed by atoms with E-state index in [-0.39, 0.29) is 0 Å². The largest absolute Gasteiger partial charge is 0.0651 e. The Hall–Kier alpha value is 0. The highest BCUT2D eigenvalue weighted by Crippen LogP contribution is 2.34. The van der Waals surface area contributed by atoms with Crippen molar-refractivity contribution in [3.05, 3.63) is 0 Å². The Morgan fingerprint density at radius 3 is 2.25 bits per heavy atom. The summed E-state index contributed by atoms with van der Waals surface area (Å²) in [5.41, 5.74) is 0. The summed E-state index contributed by atoms with van der Waals surface area (Å²) in [4.78, 5) is 0. The van der Waals surface area contributed by atoms with Crippen molar-refractivity contribution < 1.29 is 0 Å². The summed E-state index contributed by atoms with van der Waals surface area (Å²) in [7, 11) is 0. The second kappa shape index (κ2) is 4.89. The normalized spacial score (nSPS) is 24.2. The van der Waals surface area contributed by atoms with Gasteiger partial charge in [0, 0.05) is 0 Å². The van der Waals surface area contributed by atoms with Gasteiger partial charge in [-0.3, -0.25) is 0 Å². The average molecular weight is 168 g/mol. The van der Waals surface area contributed by atoms with Crippen LogP contribution in [0.1, 0.15) is 59.3 Å². The van der Waals surface area contributed by atoms with Gasteiger partial charge in [-0.2, -0.15) is 0 Å². The van der Waals surface area contributed by atoms with Gasteiger partial charge in [-0.05, 0) is 24.2 Å². The minimum absolute atomic E-state index is 0.945. The SMILES string of the molecule is CCC(C)CC(C)C1CCCC1. The second-order valence-corrected chi connectivity index (χ2v) is 4.77. The van der Waals surface area contributed by atoms with Crippen molar-refractivity contribution in [2.24, 2.45) is 17.8 Å². The lowest BCUT2D eigenvalue weighted by molar-refractivity contribution is 0.296. The van der Waals surface area contributed by atoms with E-state index in [4.69, 9.17) is 0 Å². The first-order valence-electron chi connectivity index (χ1n) is 5.74. The molecule has 2 unspecified atom stereocenters. The average Bonchev–Trinajstić information content (AvgIpc) is 2.56. The highest BCUT2D eigenvalue weighted by Gasteiger charge is 2.22. The number of hydrogen-bond donors (Lipinski definition) is 0. The van der Waals surface area contributed by atoms with Crippen LogP contribution in [-0.2, 0) is 0 Å². The maximum atomic E-state index is 2.46. The van der Waals surface area contributed by atoms with Crippen LogP contribution in [0.3, 0.4) is 0 Å². The maximum absolute atomic E-state index is 2.46. The molecule has 0 heterocycles. The van der Waals surface area contributed by atoms with Crippen molar-refractivity contribution in [2.45, 2.75) is 59.3 Å². The van der Waals surface area contributed by atoms with Gasteiger partial charge < -0.3 is 0 Å². The van der Waals surface area contributed by atoms with E-state index in [1.165, 1.54) is 38.5 Å². The summed E-state index contributed by atoms with van der Waals surface area (Å²) < 4.78 is 0. The van der Waals surface area contributed by atoms with E-state index >= 15 is 0 Å². The summed E-state index contributed by atoms with van der Waals surface area (Å²) in [5, 5.41) is 0. The lowest BCUT2D eigenvalue weighted by atomic mass is 9.85. The highest BCUT2D eigenvalue weighted by atomic mass is 14.3. The zero-order valence-corrected chi connectivity index (χ0v) is 8.97. The molecule has 2 atom stereocenters. The molecule has 0 N–H and O–H groups in total. The van der Waals surface area contributed by atoms with Crippen molar-refractivity contribution in [1.29, 1.82) is 0 Å². The molecule has 0 radical (unpaired) electrons. The summed E-state index contributed by atoms with van der Waals surface area (Å²) in [6.45, 7) is 7.17. The third-order valence-electron chi connectivity index (χ3n) is 3.68. The molecule has 1 fully saturated rings. The predicted molar refractivity (Wildman–Crippen MR) is 55.2 cm³/mol. The minimum atomic E-state index is 0.945. The summed E-state index contributed by atoms with van der Waals surface area (Å²) in [6.07, 6.45) is 8.83. The van der Waals surface area contributed by atoms with E-state index in [0.717, 1.165) is 17.8 Å². The van der Waals surface area contributed by atoms with E-state index in [9.17, 15) is 0 Å². The molecule has 0 heteroatoms. The van der Waals surface area contributed by atoms with Gasteiger partial charge in [0.15, 0.2) is 0 Å². The van der Waals surface area contributed by atoms with Gasteiger partial charge in [-0.25, -0.2) is 0 Å². The first-order chi connectivity index (χ1) is 5.74.